The Bertz CT molecular complexity index is 2680. The Labute approximate surface area is 251 Å². The van der Waals surface area contributed by atoms with Crippen molar-refractivity contribution in [2.75, 3.05) is 0 Å². The van der Waals surface area contributed by atoms with Gasteiger partial charge in [0.1, 0.15) is 5.52 Å². The lowest BCUT2D eigenvalue weighted by Crippen LogP contribution is -2.38. The summed E-state index contributed by atoms with van der Waals surface area (Å²) in [5.74, 6) is 0. The standard InChI is InChI=1S/C37H35N3OSi2/c1-37(2,3)26-15-14-23-34(39-26)40-35(38-23)32-21-16-24(42(4,5)6)19-12-10-18-11-13-20-25(43(7,8)9)17-22(33(32)36(40)41)31-29(20)27(18)28(19)30(21)31/h10-17H,1-9H3. The summed E-state index contributed by atoms with van der Waals surface area (Å²) in [7, 11) is -3.55. The summed E-state index contributed by atoms with van der Waals surface area (Å²) in [6.07, 6.45) is 0. The molecule has 4 nitrogen and oxygen atoms in total. The second kappa shape index (κ2) is 7.42. The van der Waals surface area contributed by atoms with E-state index >= 15 is 0 Å². The van der Waals surface area contributed by atoms with Crippen molar-refractivity contribution in [3.8, 4) is 0 Å². The van der Waals surface area contributed by atoms with Gasteiger partial charge in [0.25, 0.3) is 5.56 Å². The van der Waals surface area contributed by atoms with E-state index in [1.807, 2.05) is 10.5 Å². The molecule has 0 saturated heterocycles. The molecule has 0 radical (unpaired) electrons. The number of rotatable bonds is 2. The van der Waals surface area contributed by atoms with Gasteiger partial charge in [-0.3, -0.25) is 4.79 Å². The molecule has 0 unspecified atom stereocenters. The average molecular weight is 594 g/mol. The van der Waals surface area contributed by atoms with Gasteiger partial charge in [-0.2, -0.15) is 0 Å². The molecule has 0 N–H and O–H groups in total. The fourth-order valence-electron chi connectivity index (χ4n) is 7.97. The molecule has 212 valence electrons. The first-order valence-electron chi connectivity index (χ1n) is 15.4. The first kappa shape index (κ1) is 25.6. The molecule has 0 aliphatic carbocycles. The van der Waals surface area contributed by atoms with Crippen LogP contribution in [0, 0.1) is 0 Å². The van der Waals surface area contributed by atoms with Gasteiger partial charge >= 0.3 is 0 Å². The van der Waals surface area contributed by atoms with Crippen LogP contribution in [-0.2, 0) is 5.41 Å². The fraction of sp³-hybridized carbons (Fsp3) is 0.270. The molecule has 0 aliphatic rings. The van der Waals surface area contributed by atoms with E-state index in [0.29, 0.717) is 5.65 Å². The zero-order chi connectivity index (χ0) is 30.1. The summed E-state index contributed by atoms with van der Waals surface area (Å²) in [4.78, 5) is 25.0. The Hall–Kier alpha value is -3.88. The number of aromatic nitrogens is 3. The van der Waals surface area contributed by atoms with E-state index in [-0.39, 0.29) is 11.0 Å². The summed E-state index contributed by atoms with van der Waals surface area (Å²) < 4.78 is 1.82. The van der Waals surface area contributed by atoms with Crippen molar-refractivity contribution in [1.29, 1.82) is 0 Å². The van der Waals surface area contributed by atoms with Crippen LogP contribution in [0.2, 0.25) is 39.3 Å². The van der Waals surface area contributed by atoms with Gasteiger partial charge in [0, 0.05) is 16.5 Å². The molecule has 0 fully saturated rings. The number of hydrogen-bond acceptors (Lipinski definition) is 3. The number of imidazole rings is 1. The van der Waals surface area contributed by atoms with E-state index in [2.05, 4.69) is 103 Å². The second-order valence-corrected chi connectivity index (χ2v) is 26.0. The van der Waals surface area contributed by atoms with Crippen molar-refractivity contribution in [2.24, 2.45) is 0 Å². The van der Waals surface area contributed by atoms with E-state index in [1.165, 1.54) is 58.8 Å². The maximum absolute atomic E-state index is 14.8. The molecule has 0 amide bonds. The zero-order valence-corrected chi connectivity index (χ0v) is 28.4. The van der Waals surface area contributed by atoms with Gasteiger partial charge in [0.15, 0.2) is 11.3 Å². The van der Waals surface area contributed by atoms with Gasteiger partial charge in [-0.05, 0) is 66.0 Å². The maximum Gasteiger partial charge on any atom is 0.266 e. The predicted molar refractivity (Wildman–Crippen MR) is 191 cm³/mol. The van der Waals surface area contributed by atoms with Crippen molar-refractivity contribution in [2.45, 2.75) is 65.5 Å². The van der Waals surface area contributed by atoms with E-state index in [9.17, 15) is 4.79 Å². The molecule has 9 aromatic rings. The van der Waals surface area contributed by atoms with Crippen LogP contribution >= 0.6 is 0 Å². The monoisotopic (exact) mass is 593 g/mol. The van der Waals surface area contributed by atoms with Gasteiger partial charge < -0.3 is 0 Å². The smallest absolute Gasteiger partial charge is 0.266 e. The van der Waals surface area contributed by atoms with Gasteiger partial charge in [-0.25, -0.2) is 14.4 Å². The van der Waals surface area contributed by atoms with Gasteiger partial charge in [-0.1, -0.05) is 107 Å². The molecular weight excluding hydrogens is 559 g/mol. The Morgan fingerprint density at radius 1 is 0.581 bits per heavy atom. The molecule has 0 aliphatic heterocycles. The SMILES string of the molecule is CC(C)(C)c1ccc2nc3c4c5cc([Si](C)(C)C)c6ccc7ccc8c([Si](C)(C)C)cc(c4c(=O)n3c2n1)c1c8c7c6c51. The Balaban J connectivity index is 1.66. The van der Waals surface area contributed by atoms with Gasteiger partial charge in [0.2, 0.25) is 0 Å². The fourth-order valence-corrected chi connectivity index (χ4v) is 11.2. The third-order valence-electron chi connectivity index (χ3n) is 9.95. The average Bonchev–Trinajstić information content (AvgIpc) is 3.57. The van der Waals surface area contributed by atoms with Crippen molar-refractivity contribution >= 4 is 108 Å². The number of nitrogens with zero attached hydrogens (tertiary/aromatic N) is 3. The van der Waals surface area contributed by atoms with Crippen molar-refractivity contribution in [3.63, 3.8) is 0 Å². The lowest BCUT2D eigenvalue weighted by molar-refractivity contribution is 0.571. The van der Waals surface area contributed by atoms with Crippen LogP contribution in [0.25, 0.3) is 81.4 Å². The molecule has 43 heavy (non-hydrogen) atoms. The molecule has 0 atom stereocenters. The van der Waals surface area contributed by atoms with Crippen LogP contribution in [0.1, 0.15) is 26.5 Å². The van der Waals surface area contributed by atoms with Crippen LogP contribution in [0.5, 0.6) is 0 Å². The summed E-state index contributed by atoms with van der Waals surface area (Å²) in [6.45, 7) is 21.1. The maximum atomic E-state index is 14.8. The van der Waals surface area contributed by atoms with E-state index in [0.717, 1.165) is 33.0 Å². The summed E-state index contributed by atoms with van der Waals surface area (Å²) in [5.41, 5.74) is 3.03. The summed E-state index contributed by atoms with van der Waals surface area (Å²) >= 11 is 0. The van der Waals surface area contributed by atoms with Gasteiger partial charge in [0.05, 0.1) is 21.5 Å². The second-order valence-electron chi connectivity index (χ2n) is 15.9. The van der Waals surface area contributed by atoms with Crippen LogP contribution in [0.4, 0.5) is 0 Å². The van der Waals surface area contributed by atoms with E-state index < -0.39 is 16.1 Å². The number of hydrogen-bond donors (Lipinski definition) is 0. The minimum Gasteiger partial charge on any atom is -0.268 e. The molecule has 9 rings (SSSR count). The number of pyridine rings is 1. The van der Waals surface area contributed by atoms with Crippen molar-refractivity contribution in [3.05, 3.63) is 64.6 Å². The van der Waals surface area contributed by atoms with Crippen molar-refractivity contribution < 1.29 is 0 Å². The lowest BCUT2D eigenvalue weighted by atomic mass is 9.92. The Morgan fingerprint density at radius 2 is 1.12 bits per heavy atom. The molecule has 0 saturated carbocycles. The third kappa shape index (κ3) is 2.98. The minimum atomic E-state index is -1.78. The van der Waals surface area contributed by atoms with Crippen LogP contribution < -0.4 is 15.9 Å². The molecule has 3 aromatic heterocycles. The molecule has 6 heteroatoms. The molecular formula is C37H35N3OSi2. The lowest BCUT2D eigenvalue weighted by Gasteiger charge is -2.21. The van der Waals surface area contributed by atoms with Crippen LogP contribution in [0.3, 0.4) is 0 Å². The third-order valence-corrected chi connectivity index (χ3v) is 14.0. The van der Waals surface area contributed by atoms with E-state index in [4.69, 9.17) is 9.97 Å². The van der Waals surface area contributed by atoms with Crippen LogP contribution in [0.15, 0.2) is 53.3 Å². The highest BCUT2D eigenvalue weighted by Gasteiger charge is 2.33. The Morgan fingerprint density at radius 3 is 1.65 bits per heavy atom. The van der Waals surface area contributed by atoms with Crippen molar-refractivity contribution in [1.82, 2.24) is 14.4 Å². The first-order chi connectivity index (χ1) is 20.2. The minimum absolute atomic E-state index is 0.00613. The number of fused-ring (bicyclic) bond motifs is 7. The number of benzene rings is 5. The first-order valence-corrected chi connectivity index (χ1v) is 22.4. The largest absolute Gasteiger partial charge is 0.268 e. The zero-order valence-electron chi connectivity index (χ0n) is 26.4. The van der Waals surface area contributed by atoms with Crippen LogP contribution in [-0.4, -0.2) is 30.5 Å². The van der Waals surface area contributed by atoms with Gasteiger partial charge in [-0.15, -0.1) is 0 Å². The summed E-state index contributed by atoms with van der Waals surface area (Å²) in [5, 5.41) is 17.6. The molecule has 0 bridgehead atoms. The predicted octanol–water partition coefficient (Wildman–Crippen LogP) is 8.30. The highest BCUT2D eigenvalue weighted by atomic mass is 28.3. The molecule has 6 aromatic carbocycles. The van der Waals surface area contributed by atoms with E-state index in [1.54, 1.807) is 0 Å². The highest BCUT2D eigenvalue weighted by Crippen LogP contribution is 2.50. The topological polar surface area (TPSA) is 47.3 Å². The Kier molecular flexibility index (Phi) is 4.42. The normalized spacial score (nSPS) is 14.3. The quantitative estimate of drug-likeness (QED) is 0.150. The highest BCUT2D eigenvalue weighted by molar-refractivity contribution is 6.91. The summed E-state index contributed by atoms with van der Waals surface area (Å²) in [6, 6.07) is 18.3. The molecule has 0 spiro atoms. The molecule has 3 heterocycles.